The van der Waals surface area contributed by atoms with Gasteiger partial charge in [0.1, 0.15) is 0 Å². The van der Waals surface area contributed by atoms with Gasteiger partial charge in [-0.25, -0.2) is 0 Å². The minimum atomic E-state index is 0.00699. The van der Waals surface area contributed by atoms with Gasteiger partial charge in [-0.15, -0.1) is 0 Å². The fourth-order valence-electron chi connectivity index (χ4n) is 1.18. The molecule has 16 heavy (non-hydrogen) atoms. The van der Waals surface area contributed by atoms with Crippen LogP contribution in [0.15, 0.2) is 24.3 Å². The van der Waals surface area contributed by atoms with Crippen molar-refractivity contribution in [1.82, 2.24) is 0 Å². The highest BCUT2D eigenvalue weighted by molar-refractivity contribution is 8.13. The molecule has 0 saturated heterocycles. The minimum absolute atomic E-state index is 0.00699. The molecule has 1 aromatic carbocycles. The SMILES string of the molecule is CC(=O)SCCC#Cc1ccccc1CO. The Morgan fingerprint density at radius 1 is 1.44 bits per heavy atom. The third kappa shape index (κ3) is 4.52. The molecule has 0 aromatic heterocycles. The Labute approximate surface area is 100 Å². The summed E-state index contributed by atoms with van der Waals surface area (Å²) < 4.78 is 0. The second-order valence-corrected chi connectivity index (χ2v) is 4.48. The second-order valence-electron chi connectivity index (χ2n) is 3.21. The zero-order valence-electron chi connectivity index (χ0n) is 9.19. The Hall–Kier alpha value is -1.24. The number of aliphatic hydroxyl groups is 1. The molecule has 2 nitrogen and oxygen atoms in total. The molecule has 1 aromatic rings. The lowest BCUT2D eigenvalue weighted by molar-refractivity contribution is -0.109. The first-order valence-electron chi connectivity index (χ1n) is 5.05. The van der Waals surface area contributed by atoms with E-state index in [-0.39, 0.29) is 11.7 Å². The van der Waals surface area contributed by atoms with Gasteiger partial charge < -0.3 is 5.11 Å². The number of hydrogen-bond donors (Lipinski definition) is 1. The summed E-state index contributed by atoms with van der Waals surface area (Å²) in [6, 6.07) is 7.51. The summed E-state index contributed by atoms with van der Waals surface area (Å²) in [4.78, 5) is 10.7. The van der Waals surface area contributed by atoms with Crippen molar-refractivity contribution in [3.8, 4) is 11.8 Å². The van der Waals surface area contributed by atoms with Crippen LogP contribution in [0.4, 0.5) is 0 Å². The first kappa shape index (κ1) is 12.8. The fraction of sp³-hybridized carbons (Fsp3) is 0.308. The predicted molar refractivity (Wildman–Crippen MR) is 67.0 cm³/mol. The molecule has 0 unspecified atom stereocenters. The molecular weight excluding hydrogens is 220 g/mol. The zero-order chi connectivity index (χ0) is 11.8. The first-order chi connectivity index (χ1) is 7.74. The van der Waals surface area contributed by atoms with Gasteiger partial charge in [0.15, 0.2) is 5.12 Å². The quantitative estimate of drug-likeness (QED) is 0.643. The molecule has 3 heteroatoms. The maximum absolute atomic E-state index is 10.7. The predicted octanol–water partition coefficient (Wildman–Crippen LogP) is 2.20. The summed E-state index contributed by atoms with van der Waals surface area (Å²) in [5.41, 5.74) is 1.70. The monoisotopic (exact) mass is 234 g/mol. The Morgan fingerprint density at radius 3 is 2.88 bits per heavy atom. The molecule has 0 aliphatic carbocycles. The number of rotatable bonds is 3. The summed E-state index contributed by atoms with van der Waals surface area (Å²) in [6.45, 7) is 1.56. The lowest BCUT2D eigenvalue weighted by Gasteiger charge is -1.98. The summed E-state index contributed by atoms with van der Waals surface area (Å²) in [7, 11) is 0. The number of aliphatic hydroxyl groups excluding tert-OH is 1. The smallest absolute Gasteiger partial charge is 0.185 e. The highest BCUT2D eigenvalue weighted by Crippen LogP contribution is 2.07. The zero-order valence-corrected chi connectivity index (χ0v) is 10.0. The van der Waals surface area contributed by atoms with Crippen LogP contribution >= 0.6 is 11.8 Å². The normalized spacial score (nSPS) is 9.38. The largest absolute Gasteiger partial charge is 0.392 e. The maximum atomic E-state index is 10.7. The number of hydrogen-bond acceptors (Lipinski definition) is 3. The standard InChI is InChI=1S/C13H14O2S/c1-11(15)16-9-5-4-7-12-6-2-3-8-13(12)10-14/h2-3,6,8,14H,5,9-10H2,1H3. The van der Waals surface area contributed by atoms with Crippen molar-refractivity contribution in [2.75, 3.05) is 5.75 Å². The Balaban J connectivity index is 2.52. The van der Waals surface area contributed by atoms with Gasteiger partial charge in [0.2, 0.25) is 0 Å². The van der Waals surface area contributed by atoms with Gasteiger partial charge in [-0.1, -0.05) is 41.8 Å². The average Bonchev–Trinajstić information content (AvgIpc) is 2.29. The molecule has 0 aliphatic rings. The molecular formula is C13H14O2S. The van der Waals surface area contributed by atoms with Gasteiger partial charge in [-0.3, -0.25) is 4.79 Å². The van der Waals surface area contributed by atoms with Crippen LogP contribution < -0.4 is 0 Å². The number of benzene rings is 1. The molecule has 0 fully saturated rings. The molecule has 0 spiro atoms. The van der Waals surface area contributed by atoms with Crippen molar-refractivity contribution in [2.24, 2.45) is 0 Å². The van der Waals surface area contributed by atoms with Crippen LogP contribution in [0.3, 0.4) is 0 Å². The van der Waals surface area contributed by atoms with Gasteiger partial charge in [0, 0.05) is 24.7 Å². The van der Waals surface area contributed by atoms with Crippen LogP contribution in [0, 0.1) is 11.8 Å². The van der Waals surface area contributed by atoms with E-state index >= 15 is 0 Å². The van der Waals surface area contributed by atoms with E-state index in [2.05, 4.69) is 11.8 Å². The van der Waals surface area contributed by atoms with Crippen molar-refractivity contribution in [3.05, 3.63) is 35.4 Å². The number of carbonyl (C=O) groups excluding carboxylic acids is 1. The van der Waals surface area contributed by atoms with E-state index in [9.17, 15) is 4.79 Å². The van der Waals surface area contributed by atoms with E-state index < -0.39 is 0 Å². The summed E-state index contributed by atoms with van der Waals surface area (Å²) >= 11 is 1.29. The van der Waals surface area contributed by atoms with E-state index in [4.69, 9.17) is 5.11 Å². The van der Waals surface area contributed by atoms with Crippen molar-refractivity contribution < 1.29 is 9.90 Å². The van der Waals surface area contributed by atoms with E-state index in [0.717, 1.165) is 16.9 Å². The van der Waals surface area contributed by atoms with E-state index in [1.165, 1.54) is 11.8 Å². The maximum Gasteiger partial charge on any atom is 0.185 e. The second kappa shape index (κ2) is 7.10. The van der Waals surface area contributed by atoms with Crippen molar-refractivity contribution in [1.29, 1.82) is 0 Å². The highest BCUT2D eigenvalue weighted by Gasteiger charge is 1.95. The van der Waals surface area contributed by atoms with Crippen LogP contribution in [0.2, 0.25) is 0 Å². The molecule has 0 heterocycles. The molecule has 1 rings (SSSR count). The van der Waals surface area contributed by atoms with Crippen LogP contribution in [0.5, 0.6) is 0 Å². The number of carbonyl (C=O) groups is 1. The average molecular weight is 234 g/mol. The molecule has 0 amide bonds. The van der Waals surface area contributed by atoms with Crippen LogP contribution in [0.25, 0.3) is 0 Å². The lowest BCUT2D eigenvalue weighted by Crippen LogP contribution is -1.88. The van der Waals surface area contributed by atoms with Gasteiger partial charge in [-0.05, 0) is 11.6 Å². The van der Waals surface area contributed by atoms with E-state index in [0.29, 0.717) is 6.42 Å². The summed E-state index contributed by atoms with van der Waals surface area (Å²) in [6.07, 6.45) is 0.685. The van der Waals surface area contributed by atoms with Gasteiger partial charge in [0.05, 0.1) is 6.61 Å². The van der Waals surface area contributed by atoms with Crippen LogP contribution in [-0.4, -0.2) is 16.0 Å². The molecule has 84 valence electrons. The van der Waals surface area contributed by atoms with E-state index in [1.807, 2.05) is 24.3 Å². The summed E-state index contributed by atoms with van der Waals surface area (Å²) in [5, 5.41) is 9.20. The first-order valence-corrected chi connectivity index (χ1v) is 6.03. The molecule has 0 radical (unpaired) electrons. The number of thioether (sulfide) groups is 1. The Kier molecular flexibility index (Phi) is 5.69. The molecule has 0 bridgehead atoms. The topological polar surface area (TPSA) is 37.3 Å². The van der Waals surface area contributed by atoms with Crippen molar-refractivity contribution in [3.63, 3.8) is 0 Å². The van der Waals surface area contributed by atoms with Crippen molar-refractivity contribution in [2.45, 2.75) is 20.0 Å². The van der Waals surface area contributed by atoms with Gasteiger partial charge >= 0.3 is 0 Å². The highest BCUT2D eigenvalue weighted by atomic mass is 32.2. The van der Waals surface area contributed by atoms with Crippen molar-refractivity contribution >= 4 is 16.9 Å². The van der Waals surface area contributed by atoms with Gasteiger partial charge in [0.25, 0.3) is 0 Å². The van der Waals surface area contributed by atoms with Gasteiger partial charge in [-0.2, -0.15) is 0 Å². The van der Waals surface area contributed by atoms with Crippen LogP contribution in [-0.2, 0) is 11.4 Å². The lowest BCUT2D eigenvalue weighted by atomic mass is 10.1. The van der Waals surface area contributed by atoms with Crippen LogP contribution in [0.1, 0.15) is 24.5 Å². The molecule has 0 atom stereocenters. The molecule has 0 saturated carbocycles. The summed E-state index contributed by atoms with van der Waals surface area (Å²) in [5.74, 6) is 6.73. The third-order valence-electron chi connectivity index (χ3n) is 1.94. The Bertz CT molecular complexity index is 415. The Morgan fingerprint density at radius 2 is 2.19 bits per heavy atom. The molecule has 1 N–H and O–H groups in total. The fourth-order valence-corrected chi connectivity index (χ4v) is 1.68. The molecule has 0 aliphatic heterocycles. The minimum Gasteiger partial charge on any atom is -0.392 e. The third-order valence-corrected chi connectivity index (χ3v) is 2.76. The van der Waals surface area contributed by atoms with E-state index in [1.54, 1.807) is 6.92 Å².